The smallest absolute Gasteiger partial charge is 0.102 e. The molecule has 2 aliphatic rings. The Bertz CT molecular complexity index is 320. The van der Waals surface area contributed by atoms with E-state index in [-0.39, 0.29) is 23.5 Å². The van der Waals surface area contributed by atoms with Crippen molar-refractivity contribution in [3.8, 4) is 0 Å². The van der Waals surface area contributed by atoms with Crippen molar-refractivity contribution in [2.45, 2.75) is 45.2 Å². The van der Waals surface area contributed by atoms with Crippen LogP contribution >= 0.6 is 12.4 Å². The predicted octanol–water partition coefficient (Wildman–Crippen LogP) is 2.54. The fourth-order valence-electron chi connectivity index (χ4n) is 2.06. The van der Waals surface area contributed by atoms with Crippen LogP contribution in [0.5, 0.6) is 0 Å². The molecular formula is C11H21ClN4. The third-order valence-corrected chi connectivity index (χ3v) is 2.79. The minimum absolute atomic E-state index is 0. The average Bonchev–Trinajstić information content (AvgIpc) is 2.47. The predicted molar refractivity (Wildman–Crippen MR) is 68.8 cm³/mol. The fraction of sp³-hybridized carbons (Fsp3) is 0.909. The summed E-state index contributed by atoms with van der Waals surface area (Å²) in [5.74, 6) is 1.21. The third kappa shape index (κ3) is 2.94. The van der Waals surface area contributed by atoms with Gasteiger partial charge in [-0.05, 0) is 27.7 Å². The van der Waals surface area contributed by atoms with Gasteiger partial charge in [0.05, 0.1) is 17.6 Å². The van der Waals surface area contributed by atoms with Gasteiger partial charge in [-0.25, -0.2) is 0 Å². The van der Waals surface area contributed by atoms with E-state index < -0.39 is 0 Å². The van der Waals surface area contributed by atoms with E-state index in [0.29, 0.717) is 0 Å². The molecule has 0 fully saturated rings. The van der Waals surface area contributed by atoms with Gasteiger partial charge < -0.3 is 4.90 Å². The van der Waals surface area contributed by atoms with E-state index in [0.717, 1.165) is 26.1 Å². The summed E-state index contributed by atoms with van der Waals surface area (Å²) in [6.07, 6.45) is 0.909. The number of amidine groups is 1. The zero-order valence-corrected chi connectivity index (χ0v) is 11.3. The first-order valence-corrected chi connectivity index (χ1v) is 5.60. The molecule has 0 saturated heterocycles. The van der Waals surface area contributed by atoms with Crippen LogP contribution in [0.15, 0.2) is 15.2 Å². The first-order chi connectivity index (χ1) is 6.88. The molecule has 4 nitrogen and oxygen atoms in total. The summed E-state index contributed by atoms with van der Waals surface area (Å²) in [6.45, 7) is 11.4. The second-order valence-corrected chi connectivity index (χ2v) is 5.72. The molecule has 0 aromatic heterocycles. The van der Waals surface area contributed by atoms with Gasteiger partial charge >= 0.3 is 0 Å². The van der Waals surface area contributed by atoms with E-state index in [4.69, 9.17) is 0 Å². The van der Waals surface area contributed by atoms with Crippen molar-refractivity contribution in [1.82, 2.24) is 4.90 Å². The van der Waals surface area contributed by atoms with Crippen LogP contribution in [0.4, 0.5) is 0 Å². The van der Waals surface area contributed by atoms with Gasteiger partial charge in [-0.3, -0.25) is 4.99 Å². The van der Waals surface area contributed by atoms with Crippen LogP contribution in [0.2, 0.25) is 0 Å². The number of hydrogen-bond donors (Lipinski definition) is 0. The second-order valence-electron chi connectivity index (χ2n) is 5.72. The molecule has 0 aromatic rings. The number of aliphatic imine (C=N–C) groups is 1. The molecule has 0 bridgehead atoms. The normalized spacial score (nSPS) is 26.2. The van der Waals surface area contributed by atoms with Crippen molar-refractivity contribution in [1.29, 1.82) is 0 Å². The summed E-state index contributed by atoms with van der Waals surface area (Å²) >= 11 is 0. The Morgan fingerprint density at radius 3 is 2.38 bits per heavy atom. The molecule has 0 radical (unpaired) electrons. The molecule has 0 N–H and O–H groups in total. The Morgan fingerprint density at radius 2 is 1.69 bits per heavy atom. The Kier molecular flexibility index (Phi) is 3.62. The van der Waals surface area contributed by atoms with Crippen LogP contribution < -0.4 is 0 Å². The molecule has 0 saturated carbocycles. The first kappa shape index (κ1) is 13.4. The van der Waals surface area contributed by atoms with E-state index in [1.54, 1.807) is 0 Å². The molecule has 5 heteroatoms. The number of rotatable bonds is 0. The lowest BCUT2D eigenvalue weighted by atomic mass is 9.98. The van der Waals surface area contributed by atoms with E-state index in [2.05, 4.69) is 47.8 Å². The molecule has 16 heavy (non-hydrogen) atoms. The highest BCUT2D eigenvalue weighted by Gasteiger charge is 2.33. The van der Waals surface area contributed by atoms with Crippen LogP contribution in [-0.4, -0.2) is 41.4 Å². The number of fused-ring (bicyclic) bond motifs is 1. The van der Waals surface area contributed by atoms with E-state index in [1.807, 2.05) is 0 Å². The van der Waals surface area contributed by atoms with Gasteiger partial charge in [0.15, 0.2) is 0 Å². The lowest BCUT2D eigenvalue weighted by Gasteiger charge is -2.34. The van der Waals surface area contributed by atoms with E-state index in [9.17, 15) is 0 Å². The average molecular weight is 245 g/mol. The van der Waals surface area contributed by atoms with Crippen LogP contribution in [0, 0.1) is 0 Å². The van der Waals surface area contributed by atoms with Crippen LogP contribution in [0.3, 0.4) is 0 Å². The number of nitrogens with zero attached hydrogens (tertiary/aromatic N) is 4. The highest BCUT2D eigenvalue weighted by atomic mass is 35.5. The maximum absolute atomic E-state index is 4.56. The first-order valence-electron chi connectivity index (χ1n) is 5.60. The quantitative estimate of drug-likeness (QED) is 0.646. The van der Waals surface area contributed by atoms with Gasteiger partial charge in [-0.15, -0.1) is 12.4 Å². The van der Waals surface area contributed by atoms with Gasteiger partial charge in [0, 0.05) is 19.5 Å². The minimum atomic E-state index is -0.112. The van der Waals surface area contributed by atoms with Crippen molar-refractivity contribution in [2.24, 2.45) is 15.2 Å². The van der Waals surface area contributed by atoms with Crippen molar-refractivity contribution in [3.05, 3.63) is 0 Å². The second kappa shape index (κ2) is 4.32. The van der Waals surface area contributed by atoms with Gasteiger partial charge in [0.25, 0.3) is 0 Å². The summed E-state index contributed by atoms with van der Waals surface area (Å²) in [4.78, 5) is 6.92. The highest BCUT2D eigenvalue weighted by Crippen LogP contribution is 2.26. The summed E-state index contributed by atoms with van der Waals surface area (Å²) in [7, 11) is 0. The largest absolute Gasteiger partial charge is 0.356 e. The van der Waals surface area contributed by atoms with Crippen molar-refractivity contribution in [2.75, 3.05) is 19.6 Å². The fourth-order valence-corrected chi connectivity index (χ4v) is 2.06. The molecule has 2 heterocycles. The van der Waals surface area contributed by atoms with Gasteiger partial charge in [0.2, 0.25) is 0 Å². The maximum Gasteiger partial charge on any atom is 0.102 e. The van der Waals surface area contributed by atoms with Crippen LogP contribution in [0.25, 0.3) is 0 Å². The number of azo groups is 1. The molecule has 0 spiro atoms. The molecule has 0 aromatic carbocycles. The number of halogens is 1. The van der Waals surface area contributed by atoms with Crippen molar-refractivity contribution in [3.63, 3.8) is 0 Å². The zero-order valence-electron chi connectivity index (χ0n) is 10.5. The molecule has 0 aliphatic carbocycles. The third-order valence-electron chi connectivity index (χ3n) is 2.79. The molecule has 0 atom stereocenters. The monoisotopic (exact) mass is 244 g/mol. The van der Waals surface area contributed by atoms with Crippen molar-refractivity contribution < 1.29 is 0 Å². The summed E-state index contributed by atoms with van der Waals surface area (Å²) < 4.78 is 0. The van der Waals surface area contributed by atoms with Crippen LogP contribution in [0.1, 0.15) is 34.1 Å². The van der Waals surface area contributed by atoms with Gasteiger partial charge in [0.1, 0.15) is 5.84 Å². The highest BCUT2D eigenvalue weighted by molar-refractivity contribution is 5.85. The standard InChI is InChI=1S/C11H20N4.ClH/c1-10(2)7-9-12-5-6-15(9)8-11(3,4)14-13-10;/h5-8H2,1-4H3;1H. The summed E-state index contributed by atoms with van der Waals surface area (Å²) in [6, 6.07) is 0. The molecule has 92 valence electrons. The lowest BCUT2D eigenvalue weighted by molar-refractivity contribution is 0.303. The minimum Gasteiger partial charge on any atom is -0.356 e. The Hall–Kier alpha value is -0.640. The van der Waals surface area contributed by atoms with E-state index in [1.165, 1.54) is 5.84 Å². The zero-order chi connectivity index (χ0) is 11.1. The van der Waals surface area contributed by atoms with Crippen LogP contribution in [-0.2, 0) is 0 Å². The molecule has 0 amide bonds. The topological polar surface area (TPSA) is 40.3 Å². The Balaban J connectivity index is 0.00000128. The maximum atomic E-state index is 4.56. The Morgan fingerprint density at radius 1 is 1.06 bits per heavy atom. The summed E-state index contributed by atoms with van der Waals surface area (Å²) in [5.41, 5.74) is -0.206. The van der Waals surface area contributed by atoms with E-state index >= 15 is 0 Å². The molecule has 0 unspecified atom stereocenters. The van der Waals surface area contributed by atoms with Gasteiger partial charge in [-0.2, -0.15) is 10.2 Å². The molecule has 2 aliphatic heterocycles. The lowest BCUT2D eigenvalue weighted by Crippen LogP contribution is -2.43. The SMILES string of the molecule is CC1(C)CC2=NCCN2CC(C)(C)N=N1.Cl. The summed E-state index contributed by atoms with van der Waals surface area (Å²) in [5, 5.41) is 8.90. The molecular weight excluding hydrogens is 224 g/mol. The Labute approximate surface area is 104 Å². The van der Waals surface area contributed by atoms with Gasteiger partial charge in [-0.1, -0.05) is 0 Å². The van der Waals surface area contributed by atoms with Crippen molar-refractivity contribution >= 4 is 18.2 Å². The number of hydrogen-bond acceptors (Lipinski definition) is 4. The molecule has 2 rings (SSSR count).